The van der Waals surface area contributed by atoms with Crippen LogP contribution in [0.5, 0.6) is 0 Å². The topological polar surface area (TPSA) is 23.8 Å². The summed E-state index contributed by atoms with van der Waals surface area (Å²) in [6.45, 7) is -2.16. The van der Waals surface area contributed by atoms with Gasteiger partial charge in [-0.2, -0.15) is 5.26 Å². The second kappa shape index (κ2) is 6.47. The third-order valence-electron chi connectivity index (χ3n) is 3.91. The van der Waals surface area contributed by atoms with Gasteiger partial charge in [0.1, 0.15) is 6.07 Å². The van der Waals surface area contributed by atoms with Crippen LogP contribution in [0.25, 0.3) is 0 Å². The lowest BCUT2D eigenvalue weighted by Gasteiger charge is -2.27. The first-order chi connectivity index (χ1) is 11.2. The predicted octanol–water partition coefficient (Wildman–Crippen LogP) is 3.94. The maximum absolute atomic E-state index is 9.61. The number of hydrogen-bond acceptors (Lipinski definition) is 1. The molecular weight excluding hydrogens is 321 g/mol. The Morgan fingerprint density at radius 2 is 1.30 bits per heavy atom. The van der Waals surface area contributed by atoms with Crippen LogP contribution in [-0.4, -0.2) is 6.30 Å². The molecule has 0 N–H and O–H groups in total. The Kier molecular flexibility index (Phi) is 4.39. The van der Waals surface area contributed by atoms with E-state index < -0.39 is 6.89 Å². The Hall–Kier alpha value is -2.26. The highest BCUT2D eigenvalue weighted by molar-refractivity contribution is 7.93. The molecule has 3 aromatic carbocycles. The molecule has 3 aromatic rings. The molecule has 0 aliphatic carbocycles. The largest absolute Gasteiger partial charge is 0.192 e. The summed E-state index contributed by atoms with van der Waals surface area (Å²) >= 11 is 6.28. The van der Waals surface area contributed by atoms with Crippen molar-refractivity contribution in [1.29, 1.82) is 5.26 Å². The molecule has 0 atom stereocenters. The molecule has 3 heteroatoms. The highest BCUT2D eigenvalue weighted by Gasteiger charge is 2.25. The summed E-state index contributed by atoms with van der Waals surface area (Å²) in [5, 5.41) is 13.3. The molecule has 0 aromatic heterocycles. The van der Waals surface area contributed by atoms with Crippen LogP contribution in [-0.2, 0) is 0 Å². The summed E-state index contributed by atoms with van der Waals surface area (Å²) in [6.07, 6.45) is 4.63. The molecule has 112 valence electrons. The zero-order valence-corrected chi connectivity index (χ0v) is 14.1. The van der Waals surface area contributed by atoms with E-state index in [2.05, 4.69) is 36.6 Å². The number of halogens is 1. The highest BCUT2D eigenvalue weighted by atomic mass is 35.5. The summed E-state index contributed by atoms with van der Waals surface area (Å²) in [5.41, 5.74) is 0.519. The Morgan fingerprint density at radius 1 is 0.783 bits per heavy atom. The van der Waals surface area contributed by atoms with Crippen LogP contribution >= 0.6 is 18.5 Å². The molecule has 0 fully saturated rings. The van der Waals surface area contributed by atoms with Crippen molar-refractivity contribution < 1.29 is 0 Å². The molecule has 0 amide bonds. The quantitative estimate of drug-likeness (QED) is 0.665. The molecule has 0 aliphatic heterocycles. The van der Waals surface area contributed by atoms with Crippen LogP contribution in [0, 0.1) is 11.3 Å². The lowest BCUT2D eigenvalue weighted by Crippen LogP contribution is -2.27. The molecule has 0 saturated carbocycles. The van der Waals surface area contributed by atoms with Crippen LogP contribution in [0.3, 0.4) is 0 Å². The van der Waals surface area contributed by atoms with Gasteiger partial charge >= 0.3 is 0 Å². The van der Waals surface area contributed by atoms with Gasteiger partial charge in [0.2, 0.25) is 0 Å². The van der Waals surface area contributed by atoms with Gasteiger partial charge in [-0.3, -0.25) is 0 Å². The molecule has 1 nitrogen and oxygen atoms in total. The monoisotopic (exact) mass is 335 g/mol. The Balaban J connectivity index is 2.38. The maximum Gasteiger partial charge on any atom is 0.101 e. The summed E-state index contributed by atoms with van der Waals surface area (Å²) in [7, 11) is 0. The van der Waals surface area contributed by atoms with Gasteiger partial charge in [-0.05, 0) is 23.6 Å². The van der Waals surface area contributed by atoms with Gasteiger partial charge in [-0.1, -0.05) is 90.7 Å². The van der Waals surface area contributed by atoms with E-state index in [1.807, 2.05) is 48.5 Å². The van der Waals surface area contributed by atoms with Crippen LogP contribution in [0.15, 0.2) is 78.9 Å². The molecule has 0 saturated heterocycles. The fraction of sp³-hybridized carbons (Fsp3) is 0. The fourth-order valence-corrected chi connectivity index (χ4v) is 6.13. The third kappa shape index (κ3) is 2.73. The first kappa shape index (κ1) is 15.6. The predicted molar refractivity (Wildman–Crippen MR) is 102 cm³/mol. The van der Waals surface area contributed by atoms with E-state index >= 15 is 0 Å². The van der Waals surface area contributed by atoms with Crippen molar-refractivity contribution in [2.75, 3.05) is 0 Å². The van der Waals surface area contributed by atoms with Gasteiger partial charge in [0.05, 0.1) is 10.6 Å². The van der Waals surface area contributed by atoms with Gasteiger partial charge in [0.25, 0.3) is 0 Å². The van der Waals surface area contributed by atoms with Gasteiger partial charge in [0.15, 0.2) is 0 Å². The van der Waals surface area contributed by atoms with Gasteiger partial charge in [-0.25, -0.2) is 0 Å². The van der Waals surface area contributed by atoms with Crippen LogP contribution in [0.1, 0.15) is 5.56 Å². The molecule has 3 rings (SSSR count). The third-order valence-corrected chi connectivity index (χ3v) is 7.78. The van der Waals surface area contributed by atoms with E-state index in [1.165, 1.54) is 0 Å². The van der Waals surface area contributed by atoms with Crippen LogP contribution in [0.2, 0.25) is 5.02 Å². The van der Waals surface area contributed by atoms with Crippen LogP contribution < -0.4 is 15.9 Å². The van der Waals surface area contributed by atoms with E-state index in [0.717, 1.165) is 15.9 Å². The second-order valence-corrected chi connectivity index (χ2v) is 8.77. The van der Waals surface area contributed by atoms with Crippen molar-refractivity contribution in [3.8, 4) is 6.07 Å². The van der Waals surface area contributed by atoms with Crippen molar-refractivity contribution in [2.24, 2.45) is 0 Å². The number of rotatable bonds is 3. The Morgan fingerprint density at radius 3 is 1.78 bits per heavy atom. The summed E-state index contributed by atoms with van der Waals surface area (Å²) in [6, 6.07) is 28.2. The van der Waals surface area contributed by atoms with Crippen molar-refractivity contribution in [2.45, 2.75) is 0 Å². The van der Waals surface area contributed by atoms with E-state index in [4.69, 9.17) is 11.6 Å². The minimum absolute atomic E-state index is 0.477. The zero-order valence-electron chi connectivity index (χ0n) is 12.5. The molecule has 0 radical (unpaired) electrons. The molecular formula is C20H15ClNP. The number of hydrogen-bond donors (Lipinski definition) is 0. The van der Waals surface area contributed by atoms with E-state index in [0.29, 0.717) is 10.6 Å². The summed E-state index contributed by atoms with van der Waals surface area (Å²) in [5.74, 6) is 0. The van der Waals surface area contributed by atoms with E-state index in [-0.39, 0.29) is 0 Å². The van der Waals surface area contributed by atoms with Gasteiger partial charge in [-0.15, -0.1) is 0 Å². The molecule has 0 heterocycles. The molecule has 23 heavy (non-hydrogen) atoms. The molecule has 0 aliphatic rings. The molecule has 0 bridgehead atoms. The normalized spacial score (nSPS) is 11.0. The SMILES string of the molecule is C=P(c1ccccc1)(c1ccccc1)c1cccc(Cl)c1C#N. The van der Waals surface area contributed by atoms with Crippen molar-refractivity contribution in [3.05, 3.63) is 89.4 Å². The van der Waals surface area contributed by atoms with Crippen molar-refractivity contribution in [3.63, 3.8) is 0 Å². The first-order valence-corrected chi connectivity index (χ1v) is 9.57. The van der Waals surface area contributed by atoms with Crippen molar-refractivity contribution in [1.82, 2.24) is 0 Å². The fourth-order valence-electron chi connectivity index (χ4n) is 2.73. The van der Waals surface area contributed by atoms with Crippen LogP contribution in [0.4, 0.5) is 0 Å². The Labute approximate surface area is 141 Å². The first-order valence-electron chi connectivity index (χ1n) is 7.22. The second-order valence-electron chi connectivity index (χ2n) is 5.23. The number of benzene rings is 3. The average molecular weight is 336 g/mol. The maximum atomic E-state index is 9.61. The average Bonchev–Trinajstić information content (AvgIpc) is 2.62. The standard InChI is InChI=1S/C20H15ClNP/c1-23(16-9-4-2-5-10-16,17-11-6-3-7-12-17)20-14-8-13-19(21)18(20)15-22/h2-14H,1H2. The zero-order chi connectivity index (χ0) is 16.3. The number of nitriles is 1. The van der Waals surface area contributed by atoms with Gasteiger partial charge in [0, 0.05) is 5.30 Å². The molecule has 0 unspecified atom stereocenters. The Bertz CT molecular complexity index is 868. The van der Waals surface area contributed by atoms with E-state index in [1.54, 1.807) is 6.07 Å². The molecule has 0 spiro atoms. The van der Waals surface area contributed by atoms with Crippen molar-refractivity contribution >= 4 is 40.7 Å². The lowest BCUT2D eigenvalue weighted by atomic mass is 10.2. The lowest BCUT2D eigenvalue weighted by molar-refractivity contribution is 1.50. The minimum Gasteiger partial charge on any atom is -0.192 e. The van der Waals surface area contributed by atoms with E-state index in [9.17, 15) is 5.26 Å². The smallest absolute Gasteiger partial charge is 0.101 e. The van der Waals surface area contributed by atoms with Gasteiger partial charge < -0.3 is 0 Å². The summed E-state index contributed by atoms with van der Waals surface area (Å²) < 4.78 is 0. The minimum atomic E-state index is -2.16. The number of nitrogens with zero attached hydrogens (tertiary/aromatic N) is 1. The summed E-state index contributed by atoms with van der Waals surface area (Å²) in [4.78, 5) is 0. The highest BCUT2D eigenvalue weighted by Crippen LogP contribution is 2.43.